The number of nitrogens with two attached hydrogens (primary N) is 1. The zero-order chi connectivity index (χ0) is 15.5. The zero-order valence-electron chi connectivity index (χ0n) is 12.0. The minimum absolute atomic E-state index is 0.00407. The molecule has 2 rings (SSSR count). The Hall–Kier alpha value is -1.02. The summed E-state index contributed by atoms with van der Waals surface area (Å²) in [6.07, 6.45) is 1.89. The van der Waals surface area contributed by atoms with E-state index in [0.29, 0.717) is 24.3 Å². The van der Waals surface area contributed by atoms with Crippen LogP contribution < -0.4 is 5.73 Å². The molecule has 5 nitrogen and oxygen atoms in total. The smallest absolute Gasteiger partial charge is 0.218 e. The molecule has 116 valence electrons. The lowest BCUT2D eigenvalue weighted by molar-refractivity contribution is 0.0978. The highest BCUT2D eigenvalue weighted by atomic mass is 32.2. The minimum atomic E-state index is -3.42. The van der Waals surface area contributed by atoms with Gasteiger partial charge < -0.3 is 10.5 Å². The number of hydrogen-bond donors (Lipinski definition) is 1. The second-order valence-electron chi connectivity index (χ2n) is 5.19. The molecule has 0 saturated carbocycles. The van der Waals surface area contributed by atoms with Gasteiger partial charge in [0.25, 0.3) is 0 Å². The summed E-state index contributed by atoms with van der Waals surface area (Å²) in [5, 5.41) is 0. The van der Waals surface area contributed by atoms with Crippen molar-refractivity contribution in [3.63, 3.8) is 0 Å². The van der Waals surface area contributed by atoms with Gasteiger partial charge in [-0.05, 0) is 18.4 Å². The molecular formula is C14H20N2O3S2. The van der Waals surface area contributed by atoms with Gasteiger partial charge in [0.1, 0.15) is 4.99 Å². The van der Waals surface area contributed by atoms with Crippen LogP contribution >= 0.6 is 12.2 Å². The molecule has 1 unspecified atom stereocenters. The summed E-state index contributed by atoms with van der Waals surface area (Å²) in [7, 11) is -1.83. The molecule has 0 amide bonds. The molecule has 7 heteroatoms. The number of benzene rings is 1. The maximum absolute atomic E-state index is 12.4. The van der Waals surface area contributed by atoms with Gasteiger partial charge in [-0.3, -0.25) is 0 Å². The molecule has 0 bridgehead atoms. The Morgan fingerprint density at radius 2 is 2.19 bits per heavy atom. The summed E-state index contributed by atoms with van der Waals surface area (Å²) in [5.41, 5.74) is 6.89. The minimum Gasteiger partial charge on any atom is -0.389 e. The average Bonchev–Trinajstić information content (AvgIpc) is 2.91. The number of thiocarbonyl (C=S) groups is 1. The number of rotatable bonds is 6. The predicted molar refractivity (Wildman–Crippen MR) is 86.6 cm³/mol. The lowest BCUT2D eigenvalue weighted by Crippen LogP contribution is -2.35. The molecule has 0 spiro atoms. The average molecular weight is 328 g/mol. The number of nitrogens with zero attached hydrogens (tertiary/aromatic N) is 1. The van der Waals surface area contributed by atoms with Crippen LogP contribution in [-0.2, 0) is 20.5 Å². The quantitative estimate of drug-likeness (QED) is 0.796. The van der Waals surface area contributed by atoms with Gasteiger partial charge in [-0.2, -0.15) is 0 Å². The number of likely N-dealkylation sites (N-methyl/N-ethyl adjacent to an activating group) is 1. The summed E-state index contributed by atoms with van der Waals surface area (Å²) >= 11 is 4.97. The molecule has 1 aromatic rings. The fraction of sp³-hybridized carbons (Fsp3) is 0.500. The SMILES string of the molecule is CN(CC1CCCO1)S(=O)(=O)Cc1ccccc1C(N)=S. The van der Waals surface area contributed by atoms with E-state index in [4.69, 9.17) is 22.7 Å². The number of hydrogen-bond acceptors (Lipinski definition) is 4. The van der Waals surface area contributed by atoms with Crippen LogP contribution in [0.1, 0.15) is 24.0 Å². The maximum atomic E-state index is 12.4. The summed E-state index contributed by atoms with van der Waals surface area (Å²) in [5.74, 6) is -0.107. The second-order valence-corrected chi connectivity index (χ2v) is 7.71. The van der Waals surface area contributed by atoms with E-state index in [1.54, 1.807) is 31.3 Å². The highest BCUT2D eigenvalue weighted by Gasteiger charge is 2.25. The van der Waals surface area contributed by atoms with Gasteiger partial charge in [-0.1, -0.05) is 36.5 Å². The molecule has 1 atom stereocenters. The van der Waals surface area contributed by atoms with Crippen molar-refractivity contribution >= 4 is 27.2 Å². The third-order valence-corrected chi connectivity index (χ3v) is 5.57. The number of ether oxygens (including phenoxy) is 1. The van der Waals surface area contributed by atoms with E-state index in [2.05, 4.69) is 0 Å². The first kappa shape index (κ1) is 16.4. The first-order valence-corrected chi connectivity index (χ1v) is 8.85. The molecule has 1 aliphatic heterocycles. The van der Waals surface area contributed by atoms with E-state index < -0.39 is 10.0 Å². The second kappa shape index (κ2) is 6.83. The molecule has 0 radical (unpaired) electrons. The van der Waals surface area contributed by atoms with Crippen molar-refractivity contribution in [2.75, 3.05) is 20.2 Å². The van der Waals surface area contributed by atoms with E-state index in [1.165, 1.54) is 4.31 Å². The van der Waals surface area contributed by atoms with E-state index in [1.807, 2.05) is 0 Å². The normalized spacial score (nSPS) is 19.0. The van der Waals surface area contributed by atoms with Crippen LogP contribution in [-0.4, -0.2) is 44.0 Å². The molecular weight excluding hydrogens is 308 g/mol. The van der Waals surface area contributed by atoms with Gasteiger partial charge in [-0.25, -0.2) is 12.7 Å². The Bertz CT molecular complexity index is 610. The standard InChI is InChI=1S/C14H20N2O3S2/c1-16(9-12-6-4-8-19-12)21(17,18)10-11-5-2-3-7-13(11)14(15)20/h2-3,5,7,12H,4,6,8-10H2,1H3,(H2,15,20). The van der Waals surface area contributed by atoms with Crippen molar-refractivity contribution in [2.45, 2.75) is 24.7 Å². The fourth-order valence-electron chi connectivity index (χ4n) is 2.38. The summed E-state index contributed by atoms with van der Waals surface area (Å²) < 4.78 is 31.7. The van der Waals surface area contributed by atoms with Crippen molar-refractivity contribution in [3.05, 3.63) is 35.4 Å². The Morgan fingerprint density at radius 3 is 2.81 bits per heavy atom. The van der Waals surface area contributed by atoms with Crippen LogP contribution in [0.15, 0.2) is 24.3 Å². The molecule has 1 heterocycles. The van der Waals surface area contributed by atoms with Gasteiger partial charge in [0.2, 0.25) is 10.0 Å². The van der Waals surface area contributed by atoms with Crippen molar-refractivity contribution in [3.8, 4) is 0 Å². The first-order chi connectivity index (χ1) is 9.90. The van der Waals surface area contributed by atoms with Crippen LogP contribution in [0.2, 0.25) is 0 Å². The lowest BCUT2D eigenvalue weighted by atomic mass is 10.1. The molecule has 1 saturated heterocycles. The Balaban J connectivity index is 2.11. The monoisotopic (exact) mass is 328 g/mol. The summed E-state index contributed by atoms with van der Waals surface area (Å²) in [6.45, 7) is 1.10. The van der Waals surface area contributed by atoms with E-state index in [-0.39, 0.29) is 16.8 Å². The van der Waals surface area contributed by atoms with E-state index >= 15 is 0 Å². The molecule has 1 aliphatic rings. The molecule has 1 aromatic carbocycles. The Morgan fingerprint density at radius 1 is 1.48 bits per heavy atom. The van der Waals surface area contributed by atoms with Gasteiger partial charge >= 0.3 is 0 Å². The Labute approximate surface area is 131 Å². The van der Waals surface area contributed by atoms with E-state index in [0.717, 1.165) is 12.8 Å². The van der Waals surface area contributed by atoms with Crippen molar-refractivity contribution in [1.29, 1.82) is 0 Å². The van der Waals surface area contributed by atoms with Crippen LogP contribution in [0.5, 0.6) is 0 Å². The van der Waals surface area contributed by atoms with Crippen molar-refractivity contribution in [2.24, 2.45) is 5.73 Å². The predicted octanol–water partition coefficient (Wildman–Crippen LogP) is 1.26. The van der Waals surface area contributed by atoms with Crippen LogP contribution in [0.25, 0.3) is 0 Å². The van der Waals surface area contributed by atoms with Gasteiger partial charge in [0.15, 0.2) is 0 Å². The largest absolute Gasteiger partial charge is 0.389 e. The molecule has 2 N–H and O–H groups in total. The van der Waals surface area contributed by atoms with Crippen molar-refractivity contribution < 1.29 is 13.2 Å². The first-order valence-electron chi connectivity index (χ1n) is 6.83. The van der Waals surface area contributed by atoms with Crippen LogP contribution in [0.4, 0.5) is 0 Å². The molecule has 1 fully saturated rings. The highest BCUT2D eigenvalue weighted by molar-refractivity contribution is 7.88. The zero-order valence-corrected chi connectivity index (χ0v) is 13.6. The third kappa shape index (κ3) is 4.23. The third-order valence-electron chi connectivity index (χ3n) is 3.58. The Kier molecular flexibility index (Phi) is 5.32. The van der Waals surface area contributed by atoms with Gasteiger partial charge in [0.05, 0.1) is 11.9 Å². The molecule has 0 aromatic heterocycles. The van der Waals surface area contributed by atoms with E-state index in [9.17, 15) is 8.42 Å². The maximum Gasteiger partial charge on any atom is 0.218 e. The molecule has 21 heavy (non-hydrogen) atoms. The topological polar surface area (TPSA) is 72.6 Å². The molecule has 0 aliphatic carbocycles. The highest BCUT2D eigenvalue weighted by Crippen LogP contribution is 2.18. The van der Waals surface area contributed by atoms with Gasteiger partial charge in [0, 0.05) is 25.8 Å². The van der Waals surface area contributed by atoms with Crippen LogP contribution in [0.3, 0.4) is 0 Å². The fourth-order valence-corrected chi connectivity index (χ4v) is 3.84. The number of sulfonamides is 1. The van der Waals surface area contributed by atoms with Gasteiger partial charge in [-0.15, -0.1) is 0 Å². The lowest BCUT2D eigenvalue weighted by Gasteiger charge is -2.21. The summed E-state index contributed by atoms with van der Waals surface area (Å²) in [4.78, 5) is 0.211. The summed E-state index contributed by atoms with van der Waals surface area (Å²) in [6, 6.07) is 7.06. The van der Waals surface area contributed by atoms with Crippen LogP contribution in [0, 0.1) is 0 Å². The van der Waals surface area contributed by atoms with Crippen molar-refractivity contribution in [1.82, 2.24) is 4.31 Å².